The van der Waals surface area contributed by atoms with Crippen LogP contribution in [0.4, 0.5) is 0 Å². The van der Waals surface area contributed by atoms with Crippen molar-refractivity contribution in [3.8, 4) is 17.6 Å². The Balaban J connectivity index is 2.10. The fourth-order valence-corrected chi connectivity index (χ4v) is 3.34. The number of para-hydroxylation sites is 1. The number of aromatic nitrogens is 1. The second-order valence-corrected chi connectivity index (χ2v) is 6.31. The predicted octanol–water partition coefficient (Wildman–Crippen LogP) is 4.94. The number of H-pyrrole nitrogens is 1. The summed E-state index contributed by atoms with van der Waals surface area (Å²) in [7, 11) is 2.98. The maximum atomic E-state index is 13.0. The minimum atomic E-state index is -0.349. The fraction of sp³-hybridized carbons (Fsp3) is 0.143. The molecule has 1 heterocycles. The number of benzene rings is 2. The molecule has 136 valence electrons. The van der Waals surface area contributed by atoms with E-state index >= 15 is 0 Å². The summed E-state index contributed by atoms with van der Waals surface area (Å²) >= 11 is 6.22. The molecule has 0 spiro atoms. The molecule has 0 radical (unpaired) electrons. The van der Waals surface area contributed by atoms with E-state index in [1.165, 1.54) is 20.3 Å². The van der Waals surface area contributed by atoms with Crippen molar-refractivity contribution in [1.82, 2.24) is 4.98 Å². The molecule has 0 aliphatic heterocycles. The Labute approximate surface area is 161 Å². The summed E-state index contributed by atoms with van der Waals surface area (Å²) in [6, 6.07) is 12.8. The molecular weight excluding hydrogens is 364 g/mol. The van der Waals surface area contributed by atoms with Gasteiger partial charge in [0.05, 0.1) is 24.8 Å². The van der Waals surface area contributed by atoms with E-state index in [-0.39, 0.29) is 11.4 Å². The average molecular weight is 381 g/mol. The highest BCUT2D eigenvalue weighted by atomic mass is 35.5. The third-order valence-corrected chi connectivity index (χ3v) is 4.53. The van der Waals surface area contributed by atoms with Crippen molar-refractivity contribution in [2.45, 2.75) is 6.92 Å². The Hall–Kier alpha value is -3.23. The molecule has 0 aliphatic carbocycles. The lowest BCUT2D eigenvalue weighted by Gasteiger charge is -2.10. The maximum absolute atomic E-state index is 13.0. The van der Waals surface area contributed by atoms with Crippen LogP contribution in [0.1, 0.15) is 21.6 Å². The number of aryl methyl sites for hydroxylation is 1. The van der Waals surface area contributed by atoms with E-state index in [0.717, 1.165) is 10.9 Å². The van der Waals surface area contributed by atoms with Crippen molar-refractivity contribution < 1.29 is 14.3 Å². The van der Waals surface area contributed by atoms with E-state index in [0.29, 0.717) is 33.3 Å². The number of allylic oxidation sites excluding steroid dienone is 1. The van der Waals surface area contributed by atoms with Gasteiger partial charge in [-0.05, 0) is 36.8 Å². The maximum Gasteiger partial charge on any atom is 0.205 e. The number of ketones is 1. The largest absolute Gasteiger partial charge is 0.493 e. The van der Waals surface area contributed by atoms with Gasteiger partial charge in [0.2, 0.25) is 5.78 Å². The first-order valence-electron chi connectivity index (χ1n) is 8.15. The van der Waals surface area contributed by atoms with Crippen LogP contribution in [0.25, 0.3) is 17.0 Å². The molecule has 27 heavy (non-hydrogen) atoms. The summed E-state index contributed by atoms with van der Waals surface area (Å²) < 4.78 is 10.5. The van der Waals surface area contributed by atoms with Crippen LogP contribution in [-0.2, 0) is 0 Å². The Bertz CT molecular complexity index is 1110. The van der Waals surface area contributed by atoms with Gasteiger partial charge in [-0.3, -0.25) is 4.79 Å². The lowest BCUT2D eigenvalue weighted by Crippen LogP contribution is -2.03. The average Bonchev–Trinajstić information content (AvgIpc) is 3.00. The van der Waals surface area contributed by atoms with Crippen molar-refractivity contribution in [2.24, 2.45) is 0 Å². The molecule has 0 saturated carbocycles. The summed E-state index contributed by atoms with van der Waals surface area (Å²) in [5.41, 5.74) is 2.63. The number of aromatic amines is 1. The number of rotatable bonds is 5. The number of nitrogens with one attached hydrogen (secondary N) is 1. The number of methoxy groups -OCH3 is 2. The molecule has 6 heteroatoms. The van der Waals surface area contributed by atoms with Crippen LogP contribution in [0.5, 0.6) is 11.5 Å². The molecule has 2 aromatic carbocycles. The number of nitrogens with zero attached hydrogens (tertiary/aromatic N) is 1. The van der Waals surface area contributed by atoms with Gasteiger partial charge in [-0.2, -0.15) is 5.26 Å². The summed E-state index contributed by atoms with van der Waals surface area (Å²) in [6.07, 6.45) is 1.50. The van der Waals surface area contributed by atoms with Gasteiger partial charge in [0.25, 0.3) is 0 Å². The highest BCUT2D eigenvalue weighted by molar-refractivity contribution is 6.32. The Kier molecular flexibility index (Phi) is 5.20. The number of fused-ring (bicyclic) bond motifs is 1. The zero-order chi connectivity index (χ0) is 19.6. The van der Waals surface area contributed by atoms with Crippen LogP contribution in [0.15, 0.2) is 42.0 Å². The van der Waals surface area contributed by atoms with Crippen molar-refractivity contribution >= 4 is 34.4 Å². The van der Waals surface area contributed by atoms with Gasteiger partial charge in [0.15, 0.2) is 11.5 Å². The van der Waals surface area contributed by atoms with Gasteiger partial charge in [-0.15, -0.1) is 0 Å². The molecule has 0 atom stereocenters. The molecule has 1 aromatic heterocycles. The monoisotopic (exact) mass is 380 g/mol. The van der Waals surface area contributed by atoms with Gasteiger partial charge in [-0.25, -0.2) is 0 Å². The number of carbonyl (C=O) groups excluding carboxylic acids is 1. The Morgan fingerprint density at radius 2 is 1.96 bits per heavy atom. The van der Waals surface area contributed by atoms with E-state index in [1.54, 1.807) is 12.1 Å². The Morgan fingerprint density at radius 1 is 1.22 bits per heavy atom. The minimum Gasteiger partial charge on any atom is -0.493 e. The molecule has 3 rings (SSSR count). The van der Waals surface area contributed by atoms with Crippen LogP contribution in [0.3, 0.4) is 0 Å². The van der Waals surface area contributed by atoms with Crippen LogP contribution in [-0.4, -0.2) is 25.0 Å². The molecular formula is C21H17ClN2O3. The van der Waals surface area contributed by atoms with E-state index in [4.69, 9.17) is 21.1 Å². The molecule has 0 amide bonds. The van der Waals surface area contributed by atoms with Crippen LogP contribution in [0.2, 0.25) is 5.02 Å². The minimum absolute atomic E-state index is 0.00568. The molecule has 0 unspecified atom stereocenters. The van der Waals surface area contributed by atoms with Crippen molar-refractivity contribution in [2.75, 3.05) is 14.2 Å². The SMILES string of the molecule is COc1cc(/C=C(\C#N)C(=O)c2c(C)[nH]c3ccccc23)cc(Cl)c1OC. The number of hydrogen-bond donors (Lipinski definition) is 1. The van der Waals surface area contributed by atoms with Crippen LogP contribution < -0.4 is 9.47 Å². The third-order valence-electron chi connectivity index (χ3n) is 4.25. The number of hydrogen-bond acceptors (Lipinski definition) is 4. The lowest BCUT2D eigenvalue weighted by molar-refractivity contribution is 0.104. The highest BCUT2D eigenvalue weighted by Crippen LogP contribution is 2.36. The number of nitriles is 1. The van der Waals surface area contributed by atoms with Gasteiger partial charge >= 0.3 is 0 Å². The predicted molar refractivity (Wildman–Crippen MR) is 106 cm³/mol. The third kappa shape index (κ3) is 3.40. The van der Waals surface area contributed by atoms with Crippen molar-refractivity contribution in [1.29, 1.82) is 5.26 Å². The standard InChI is InChI=1S/C21H17ClN2O3/c1-12-19(15-6-4-5-7-17(15)24-12)20(25)14(11-23)8-13-9-16(22)21(27-3)18(10-13)26-2/h4-10,24H,1-3H3/b14-8+. The summed E-state index contributed by atoms with van der Waals surface area (Å²) in [4.78, 5) is 16.2. The molecule has 5 nitrogen and oxygen atoms in total. The zero-order valence-electron chi connectivity index (χ0n) is 15.1. The van der Waals surface area contributed by atoms with Gasteiger partial charge in [0, 0.05) is 16.6 Å². The van der Waals surface area contributed by atoms with E-state index < -0.39 is 0 Å². The summed E-state index contributed by atoms with van der Waals surface area (Å²) in [5.74, 6) is 0.469. The number of ether oxygens (including phenoxy) is 2. The smallest absolute Gasteiger partial charge is 0.205 e. The van der Waals surface area contributed by atoms with Gasteiger partial charge in [-0.1, -0.05) is 29.8 Å². The highest BCUT2D eigenvalue weighted by Gasteiger charge is 2.20. The second kappa shape index (κ2) is 7.56. The van der Waals surface area contributed by atoms with E-state index in [2.05, 4.69) is 4.98 Å². The molecule has 0 fully saturated rings. The normalized spacial score (nSPS) is 11.3. The van der Waals surface area contributed by atoms with Crippen molar-refractivity contribution in [3.05, 3.63) is 63.8 Å². The molecule has 0 saturated heterocycles. The van der Waals surface area contributed by atoms with E-state index in [9.17, 15) is 10.1 Å². The lowest BCUT2D eigenvalue weighted by atomic mass is 9.99. The molecule has 1 N–H and O–H groups in total. The first kappa shape index (κ1) is 18.6. The summed E-state index contributed by atoms with van der Waals surface area (Å²) in [6.45, 7) is 1.81. The number of Topliss-reactive ketones (excluding diaryl/α,β-unsaturated/α-hetero) is 1. The van der Waals surface area contributed by atoms with Crippen LogP contribution in [0, 0.1) is 18.3 Å². The van der Waals surface area contributed by atoms with Crippen molar-refractivity contribution in [3.63, 3.8) is 0 Å². The molecule has 3 aromatic rings. The fourth-order valence-electron chi connectivity index (χ4n) is 3.04. The topological polar surface area (TPSA) is 75.1 Å². The summed E-state index contributed by atoms with van der Waals surface area (Å²) in [5, 5.41) is 10.7. The first-order chi connectivity index (χ1) is 13.0. The first-order valence-corrected chi connectivity index (χ1v) is 8.53. The quantitative estimate of drug-likeness (QED) is 0.386. The van der Waals surface area contributed by atoms with Gasteiger partial charge in [0.1, 0.15) is 11.6 Å². The number of carbonyl (C=O) groups is 1. The molecule has 0 aliphatic rings. The second-order valence-electron chi connectivity index (χ2n) is 5.91. The Morgan fingerprint density at radius 3 is 2.63 bits per heavy atom. The molecule has 0 bridgehead atoms. The number of halogens is 1. The zero-order valence-corrected chi connectivity index (χ0v) is 15.8. The van der Waals surface area contributed by atoms with Gasteiger partial charge < -0.3 is 14.5 Å². The van der Waals surface area contributed by atoms with Crippen LogP contribution >= 0.6 is 11.6 Å². The van der Waals surface area contributed by atoms with E-state index in [1.807, 2.05) is 37.3 Å².